The Balaban J connectivity index is 1.50. The van der Waals surface area contributed by atoms with Crippen LogP contribution in [-0.4, -0.2) is 56.9 Å². The van der Waals surface area contributed by atoms with E-state index in [1.54, 1.807) is 33.9 Å². The number of rotatable bonds is 6. The molecule has 0 radical (unpaired) electrons. The van der Waals surface area contributed by atoms with Crippen molar-refractivity contribution in [3.05, 3.63) is 41.7 Å². The van der Waals surface area contributed by atoms with Crippen LogP contribution in [0.5, 0.6) is 0 Å². The Morgan fingerprint density at radius 2 is 1.95 bits per heavy atom. The zero-order valence-corrected chi connectivity index (χ0v) is 21.7. The SMILES string of the molecule is CN(C(=O)OC(C)(C)C)c1cc(Nc2cccc(C3CCCCO3)n2)nc2c(C(=O)NC3CC3)cnn12. The average Bonchev–Trinajstić information content (AvgIpc) is 3.57. The molecule has 1 saturated heterocycles. The highest BCUT2D eigenvalue weighted by Crippen LogP contribution is 2.29. The number of nitrogens with one attached hydrogen (secondary N) is 2. The van der Waals surface area contributed by atoms with Crippen LogP contribution in [0.25, 0.3) is 5.65 Å². The lowest BCUT2D eigenvalue weighted by Crippen LogP contribution is -2.35. The largest absolute Gasteiger partial charge is 0.443 e. The summed E-state index contributed by atoms with van der Waals surface area (Å²) in [6.45, 7) is 6.14. The Kier molecular flexibility index (Phi) is 6.72. The lowest BCUT2D eigenvalue weighted by molar-refractivity contribution is 0.0124. The summed E-state index contributed by atoms with van der Waals surface area (Å²) in [5.41, 5.74) is 0.821. The van der Waals surface area contributed by atoms with Gasteiger partial charge in [-0.1, -0.05) is 6.07 Å². The number of carbonyl (C=O) groups excluding carboxylic acids is 2. The molecule has 0 spiro atoms. The van der Waals surface area contributed by atoms with Gasteiger partial charge in [0.05, 0.1) is 18.0 Å². The molecule has 1 atom stereocenters. The van der Waals surface area contributed by atoms with Gasteiger partial charge >= 0.3 is 6.09 Å². The third kappa shape index (κ3) is 5.82. The molecular weight excluding hydrogens is 474 g/mol. The maximum absolute atomic E-state index is 12.9. The highest BCUT2D eigenvalue weighted by atomic mass is 16.6. The molecular formula is C26H33N7O4. The second-order valence-electron chi connectivity index (χ2n) is 10.5. The van der Waals surface area contributed by atoms with E-state index >= 15 is 0 Å². The van der Waals surface area contributed by atoms with E-state index in [0.29, 0.717) is 28.7 Å². The summed E-state index contributed by atoms with van der Waals surface area (Å²) >= 11 is 0. The molecule has 1 aliphatic heterocycles. The molecule has 0 aromatic carbocycles. The third-order valence-corrected chi connectivity index (χ3v) is 6.16. The Bertz CT molecular complexity index is 1310. The van der Waals surface area contributed by atoms with Gasteiger partial charge in [0, 0.05) is 25.8 Å². The van der Waals surface area contributed by atoms with Crippen molar-refractivity contribution < 1.29 is 19.1 Å². The van der Waals surface area contributed by atoms with Gasteiger partial charge in [0.15, 0.2) is 5.65 Å². The number of fused-ring (bicyclic) bond motifs is 1. The molecule has 2 fully saturated rings. The van der Waals surface area contributed by atoms with E-state index in [9.17, 15) is 9.59 Å². The number of hydrogen-bond donors (Lipinski definition) is 2. The molecule has 11 heteroatoms. The number of carbonyl (C=O) groups is 2. The van der Waals surface area contributed by atoms with E-state index in [1.807, 2.05) is 18.2 Å². The Morgan fingerprint density at radius 1 is 1.14 bits per heavy atom. The molecule has 37 heavy (non-hydrogen) atoms. The van der Waals surface area contributed by atoms with Crippen LogP contribution < -0.4 is 15.5 Å². The van der Waals surface area contributed by atoms with Crippen molar-refractivity contribution >= 4 is 35.1 Å². The normalized spacial score (nSPS) is 17.9. The van der Waals surface area contributed by atoms with Crippen LogP contribution in [0.1, 0.15) is 75.0 Å². The Hall–Kier alpha value is -3.73. The number of nitrogens with zero attached hydrogens (tertiary/aromatic N) is 5. The molecule has 3 aromatic rings. The first-order valence-corrected chi connectivity index (χ1v) is 12.7. The summed E-state index contributed by atoms with van der Waals surface area (Å²) in [5.74, 6) is 1.13. The summed E-state index contributed by atoms with van der Waals surface area (Å²) in [4.78, 5) is 36.6. The molecule has 5 rings (SSSR count). The van der Waals surface area contributed by atoms with Crippen LogP contribution in [0.15, 0.2) is 30.5 Å². The number of ether oxygens (including phenoxy) is 2. The standard InChI is InChI=1S/C26H33N7O4/c1-26(2,3)37-25(35)32(4)22-14-21(30-20-10-7-8-18(29-20)19-9-5-6-13-36-19)31-23-17(15-27-33(22)23)24(34)28-16-11-12-16/h7-8,10,14-16,19H,5-6,9,11-13H2,1-4H3,(H,28,34)(H,29,30,31). The molecule has 0 bridgehead atoms. The highest BCUT2D eigenvalue weighted by molar-refractivity contribution is 6.00. The summed E-state index contributed by atoms with van der Waals surface area (Å²) in [7, 11) is 1.59. The van der Waals surface area contributed by atoms with Crippen molar-refractivity contribution in [1.82, 2.24) is 24.9 Å². The molecule has 196 valence electrons. The van der Waals surface area contributed by atoms with Crippen molar-refractivity contribution in [1.29, 1.82) is 0 Å². The molecule has 1 unspecified atom stereocenters. The summed E-state index contributed by atoms with van der Waals surface area (Å²) in [6, 6.07) is 7.57. The maximum Gasteiger partial charge on any atom is 0.415 e. The number of anilines is 3. The molecule has 11 nitrogen and oxygen atoms in total. The van der Waals surface area contributed by atoms with Crippen molar-refractivity contribution in [2.45, 2.75) is 70.6 Å². The van der Waals surface area contributed by atoms with Crippen LogP contribution in [0, 0.1) is 0 Å². The molecule has 1 aliphatic carbocycles. The summed E-state index contributed by atoms with van der Waals surface area (Å²) in [6.07, 6.45) is 5.90. The van der Waals surface area contributed by atoms with Crippen molar-refractivity contribution in [3.63, 3.8) is 0 Å². The smallest absolute Gasteiger partial charge is 0.415 e. The predicted octanol–water partition coefficient (Wildman–Crippen LogP) is 4.37. The summed E-state index contributed by atoms with van der Waals surface area (Å²) < 4.78 is 12.9. The molecule has 2 amide bonds. The lowest BCUT2D eigenvalue weighted by atomic mass is 10.1. The fraction of sp³-hybridized carbons (Fsp3) is 0.500. The minimum Gasteiger partial charge on any atom is -0.443 e. The Labute approximate surface area is 215 Å². The number of amides is 2. The van der Waals surface area contributed by atoms with Crippen LogP contribution >= 0.6 is 0 Å². The molecule has 3 aromatic heterocycles. The quantitative estimate of drug-likeness (QED) is 0.504. The van der Waals surface area contributed by atoms with Gasteiger partial charge in [-0.2, -0.15) is 9.61 Å². The van der Waals surface area contributed by atoms with E-state index in [-0.39, 0.29) is 18.1 Å². The maximum atomic E-state index is 12.9. The van der Waals surface area contributed by atoms with E-state index in [0.717, 1.165) is 44.4 Å². The van der Waals surface area contributed by atoms with Crippen LogP contribution in [0.3, 0.4) is 0 Å². The van der Waals surface area contributed by atoms with Gasteiger partial charge in [-0.15, -0.1) is 0 Å². The fourth-order valence-electron chi connectivity index (χ4n) is 4.13. The van der Waals surface area contributed by atoms with Gasteiger partial charge in [0.1, 0.15) is 28.6 Å². The van der Waals surface area contributed by atoms with E-state index in [2.05, 4.69) is 20.7 Å². The van der Waals surface area contributed by atoms with Crippen molar-refractivity contribution in [3.8, 4) is 0 Å². The number of aromatic nitrogens is 4. The first-order chi connectivity index (χ1) is 17.7. The second-order valence-corrected chi connectivity index (χ2v) is 10.5. The molecule has 2 aliphatic rings. The monoisotopic (exact) mass is 507 g/mol. The third-order valence-electron chi connectivity index (χ3n) is 6.16. The zero-order valence-electron chi connectivity index (χ0n) is 21.7. The molecule has 1 saturated carbocycles. The first-order valence-electron chi connectivity index (χ1n) is 12.7. The van der Waals surface area contributed by atoms with Gasteiger partial charge in [0.25, 0.3) is 5.91 Å². The van der Waals surface area contributed by atoms with Crippen molar-refractivity contribution in [2.24, 2.45) is 0 Å². The lowest BCUT2D eigenvalue weighted by Gasteiger charge is -2.25. The van der Waals surface area contributed by atoms with Gasteiger partial charge < -0.3 is 20.1 Å². The van der Waals surface area contributed by atoms with Gasteiger partial charge in [-0.25, -0.2) is 14.8 Å². The van der Waals surface area contributed by atoms with Gasteiger partial charge in [-0.05, 0) is 65.0 Å². The molecule has 2 N–H and O–H groups in total. The summed E-state index contributed by atoms with van der Waals surface area (Å²) in [5, 5.41) is 10.6. The number of pyridine rings is 1. The van der Waals surface area contributed by atoms with Crippen molar-refractivity contribution in [2.75, 3.05) is 23.9 Å². The number of hydrogen-bond acceptors (Lipinski definition) is 8. The van der Waals surface area contributed by atoms with E-state index < -0.39 is 11.7 Å². The first kappa shape index (κ1) is 24.9. The minimum atomic E-state index is -0.677. The van der Waals surface area contributed by atoms with Crippen LogP contribution in [-0.2, 0) is 9.47 Å². The topological polar surface area (TPSA) is 123 Å². The van der Waals surface area contributed by atoms with E-state index in [1.165, 1.54) is 15.6 Å². The minimum absolute atomic E-state index is 0.0349. The highest BCUT2D eigenvalue weighted by Gasteiger charge is 2.28. The fourth-order valence-corrected chi connectivity index (χ4v) is 4.13. The Morgan fingerprint density at radius 3 is 2.65 bits per heavy atom. The van der Waals surface area contributed by atoms with Crippen LogP contribution in [0.2, 0.25) is 0 Å². The van der Waals surface area contributed by atoms with E-state index in [4.69, 9.17) is 14.5 Å². The second kappa shape index (κ2) is 9.97. The zero-order chi connectivity index (χ0) is 26.2. The van der Waals surface area contributed by atoms with Gasteiger partial charge in [-0.3, -0.25) is 9.69 Å². The predicted molar refractivity (Wildman–Crippen MR) is 138 cm³/mol. The van der Waals surface area contributed by atoms with Gasteiger partial charge in [0.2, 0.25) is 0 Å². The average molecular weight is 508 g/mol. The van der Waals surface area contributed by atoms with Crippen LogP contribution in [0.4, 0.5) is 22.2 Å². The molecule has 4 heterocycles.